The van der Waals surface area contributed by atoms with E-state index in [1.54, 1.807) is 24.1 Å². The number of anilines is 1. The highest BCUT2D eigenvalue weighted by atomic mass is 35.5. The summed E-state index contributed by atoms with van der Waals surface area (Å²) in [5.41, 5.74) is 0.733. The van der Waals surface area contributed by atoms with Gasteiger partial charge in [-0.2, -0.15) is 0 Å². The molecule has 150 valence electrons. The summed E-state index contributed by atoms with van der Waals surface area (Å²) in [4.78, 5) is 27.0. The van der Waals surface area contributed by atoms with Crippen LogP contribution in [0.4, 0.5) is 5.69 Å². The van der Waals surface area contributed by atoms with E-state index in [1.165, 1.54) is 0 Å². The summed E-state index contributed by atoms with van der Waals surface area (Å²) in [6.45, 7) is 3.56. The average molecular weight is 416 g/mol. The molecule has 8 heteroatoms. The topological polar surface area (TPSA) is 70.7 Å². The van der Waals surface area contributed by atoms with Crippen LogP contribution in [0.5, 0.6) is 0 Å². The number of carbonyl (C=O) groups excluding carboxylic acids is 2. The highest BCUT2D eigenvalue weighted by Crippen LogP contribution is 2.30. The van der Waals surface area contributed by atoms with E-state index in [0.29, 0.717) is 31.1 Å². The molecule has 1 atom stereocenters. The summed E-state index contributed by atoms with van der Waals surface area (Å²) in [6, 6.07) is 7.12. The van der Waals surface area contributed by atoms with Crippen molar-refractivity contribution in [2.75, 3.05) is 44.8 Å². The first kappa shape index (κ1) is 22.0. The van der Waals surface area contributed by atoms with Gasteiger partial charge in [0.2, 0.25) is 11.8 Å². The first-order valence-corrected chi connectivity index (χ1v) is 9.47. The van der Waals surface area contributed by atoms with Gasteiger partial charge in [-0.1, -0.05) is 11.6 Å². The molecular weight excluding hydrogens is 389 g/mol. The number of hydrogen-bond acceptors (Lipinski definition) is 4. The van der Waals surface area contributed by atoms with E-state index in [9.17, 15) is 9.59 Å². The summed E-state index contributed by atoms with van der Waals surface area (Å²) in [6.07, 6.45) is 2.44. The number of halogens is 2. The second-order valence-electron chi connectivity index (χ2n) is 7.21. The van der Waals surface area contributed by atoms with Crippen molar-refractivity contribution in [1.82, 2.24) is 10.6 Å². The standard InChI is InChI=1S/C19H26ClN3O3.ClH/c1-26-13-19(7-9-21-10-8-19)12-22-17(24)16-6-11-23(18(16)25)15-4-2-14(20)3-5-15;/h2-5,16,21H,6-13H2,1H3,(H,22,24);1H. The van der Waals surface area contributed by atoms with E-state index >= 15 is 0 Å². The zero-order valence-electron chi connectivity index (χ0n) is 15.5. The molecule has 2 amide bonds. The number of nitrogens with zero attached hydrogens (tertiary/aromatic N) is 1. The molecule has 2 N–H and O–H groups in total. The molecule has 6 nitrogen and oxygen atoms in total. The van der Waals surface area contributed by atoms with E-state index in [2.05, 4.69) is 10.6 Å². The van der Waals surface area contributed by atoms with Crippen molar-refractivity contribution in [2.24, 2.45) is 11.3 Å². The van der Waals surface area contributed by atoms with Crippen LogP contribution in [0.1, 0.15) is 19.3 Å². The van der Waals surface area contributed by atoms with E-state index in [4.69, 9.17) is 16.3 Å². The average Bonchev–Trinajstić information content (AvgIpc) is 3.03. The zero-order chi connectivity index (χ0) is 18.6. The van der Waals surface area contributed by atoms with Gasteiger partial charge in [0.1, 0.15) is 5.92 Å². The molecule has 1 aromatic rings. The van der Waals surface area contributed by atoms with Gasteiger partial charge < -0.3 is 20.3 Å². The Kier molecular flexibility index (Phi) is 7.91. The fourth-order valence-corrected chi connectivity index (χ4v) is 3.96. The van der Waals surface area contributed by atoms with Crippen LogP contribution in [0, 0.1) is 11.3 Å². The Labute approximate surface area is 171 Å². The molecule has 27 heavy (non-hydrogen) atoms. The fraction of sp³-hybridized carbons (Fsp3) is 0.579. The molecule has 0 radical (unpaired) electrons. The third-order valence-corrected chi connectivity index (χ3v) is 5.66. The second-order valence-corrected chi connectivity index (χ2v) is 7.64. The van der Waals surface area contributed by atoms with Gasteiger partial charge in [-0.25, -0.2) is 0 Å². The molecule has 2 heterocycles. The predicted octanol–water partition coefficient (Wildman–Crippen LogP) is 2.25. The van der Waals surface area contributed by atoms with Crippen LogP contribution in [-0.2, 0) is 14.3 Å². The van der Waals surface area contributed by atoms with E-state index in [-0.39, 0.29) is 29.6 Å². The number of amides is 2. The summed E-state index contributed by atoms with van der Waals surface area (Å²) >= 11 is 5.91. The number of methoxy groups -OCH3 is 1. The van der Waals surface area contributed by atoms with Gasteiger partial charge in [-0.15, -0.1) is 12.4 Å². The number of benzene rings is 1. The highest BCUT2D eigenvalue weighted by Gasteiger charge is 2.39. The molecule has 2 aliphatic heterocycles. The van der Waals surface area contributed by atoms with Crippen LogP contribution in [0.2, 0.25) is 5.02 Å². The Morgan fingerprint density at radius 3 is 2.63 bits per heavy atom. The van der Waals surface area contributed by atoms with Crippen molar-refractivity contribution >= 4 is 41.5 Å². The normalized spacial score (nSPS) is 21.6. The largest absolute Gasteiger partial charge is 0.384 e. The van der Waals surface area contributed by atoms with E-state index in [1.807, 2.05) is 12.1 Å². The van der Waals surface area contributed by atoms with Crippen LogP contribution < -0.4 is 15.5 Å². The molecule has 1 unspecified atom stereocenters. The number of piperidine rings is 1. The first-order chi connectivity index (χ1) is 12.5. The van der Waals surface area contributed by atoms with Crippen molar-refractivity contribution in [3.8, 4) is 0 Å². The lowest BCUT2D eigenvalue weighted by Crippen LogP contribution is -2.48. The molecule has 0 saturated carbocycles. The molecular formula is C19H27Cl2N3O3. The van der Waals surface area contributed by atoms with Gasteiger partial charge in [-0.3, -0.25) is 9.59 Å². The minimum Gasteiger partial charge on any atom is -0.384 e. The molecule has 0 aliphatic carbocycles. The minimum absolute atomic E-state index is 0. The maximum absolute atomic E-state index is 12.7. The summed E-state index contributed by atoms with van der Waals surface area (Å²) in [5.74, 6) is -0.941. The van der Waals surface area contributed by atoms with Crippen molar-refractivity contribution in [2.45, 2.75) is 19.3 Å². The van der Waals surface area contributed by atoms with Crippen LogP contribution in [0.25, 0.3) is 0 Å². The third kappa shape index (κ3) is 5.13. The summed E-state index contributed by atoms with van der Waals surface area (Å²) in [7, 11) is 1.69. The van der Waals surface area contributed by atoms with Crippen LogP contribution in [0.15, 0.2) is 24.3 Å². The number of nitrogens with one attached hydrogen (secondary N) is 2. The van der Waals surface area contributed by atoms with E-state index < -0.39 is 5.92 Å². The molecule has 2 fully saturated rings. The van der Waals surface area contributed by atoms with Crippen molar-refractivity contribution in [1.29, 1.82) is 0 Å². The summed E-state index contributed by atoms with van der Waals surface area (Å²) < 4.78 is 5.38. The molecule has 0 spiro atoms. The molecule has 2 aliphatic rings. The van der Waals surface area contributed by atoms with Gasteiger partial charge >= 0.3 is 0 Å². The first-order valence-electron chi connectivity index (χ1n) is 9.09. The number of rotatable bonds is 6. The molecule has 3 rings (SSSR count). The van der Waals surface area contributed by atoms with Gasteiger partial charge in [0.15, 0.2) is 0 Å². The van der Waals surface area contributed by atoms with Crippen LogP contribution in [0.3, 0.4) is 0 Å². The minimum atomic E-state index is -0.619. The zero-order valence-corrected chi connectivity index (χ0v) is 17.1. The van der Waals surface area contributed by atoms with Gasteiger partial charge in [-0.05, 0) is 56.6 Å². The predicted molar refractivity (Wildman–Crippen MR) is 109 cm³/mol. The Balaban J connectivity index is 0.00000261. The lowest BCUT2D eigenvalue weighted by atomic mass is 9.79. The summed E-state index contributed by atoms with van der Waals surface area (Å²) in [5, 5.41) is 6.98. The van der Waals surface area contributed by atoms with E-state index in [0.717, 1.165) is 31.6 Å². The van der Waals surface area contributed by atoms with Crippen LogP contribution in [-0.4, -0.2) is 51.7 Å². The maximum Gasteiger partial charge on any atom is 0.239 e. The number of hydrogen-bond donors (Lipinski definition) is 2. The second kappa shape index (κ2) is 9.73. The fourth-order valence-electron chi connectivity index (χ4n) is 3.83. The van der Waals surface area contributed by atoms with Crippen molar-refractivity contribution < 1.29 is 14.3 Å². The SMILES string of the molecule is COCC1(CNC(=O)C2CCN(c3ccc(Cl)cc3)C2=O)CCNCC1.Cl. The Morgan fingerprint density at radius 1 is 1.33 bits per heavy atom. The van der Waals surface area contributed by atoms with Gasteiger partial charge in [0.25, 0.3) is 0 Å². The molecule has 0 aromatic heterocycles. The Hall–Kier alpha value is -1.34. The monoisotopic (exact) mass is 415 g/mol. The lowest BCUT2D eigenvalue weighted by molar-refractivity contribution is -0.132. The van der Waals surface area contributed by atoms with Crippen molar-refractivity contribution in [3.63, 3.8) is 0 Å². The lowest BCUT2D eigenvalue weighted by Gasteiger charge is -2.37. The van der Waals surface area contributed by atoms with Gasteiger partial charge in [0.05, 0.1) is 6.61 Å². The quantitative estimate of drug-likeness (QED) is 0.698. The third-order valence-electron chi connectivity index (χ3n) is 5.41. The van der Waals surface area contributed by atoms with Crippen LogP contribution >= 0.6 is 24.0 Å². The Bertz CT molecular complexity index is 643. The number of ether oxygens (including phenoxy) is 1. The van der Waals surface area contributed by atoms with Gasteiger partial charge in [0, 0.05) is 36.3 Å². The van der Waals surface area contributed by atoms with Crippen molar-refractivity contribution in [3.05, 3.63) is 29.3 Å². The Morgan fingerprint density at radius 2 is 2.00 bits per heavy atom. The molecule has 2 saturated heterocycles. The maximum atomic E-state index is 12.7. The molecule has 1 aromatic carbocycles. The number of carbonyl (C=O) groups is 2. The smallest absolute Gasteiger partial charge is 0.239 e. The molecule has 0 bridgehead atoms. The highest BCUT2D eigenvalue weighted by molar-refractivity contribution is 6.30.